The van der Waals surface area contributed by atoms with Gasteiger partial charge in [0.05, 0.1) is 17.1 Å². The van der Waals surface area contributed by atoms with Gasteiger partial charge < -0.3 is 11.1 Å². The molecule has 0 spiro atoms. The molecule has 2 rings (SSSR count). The Hall–Kier alpha value is -1.66. The number of rotatable bonds is 3. The van der Waals surface area contributed by atoms with Crippen LogP contribution < -0.4 is 11.1 Å². The molecule has 1 aromatic carbocycles. The molecule has 0 aliphatic rings. The molecule has 0 aliphatic carbocycles. The van der Waals surface area contributed by atoms with Crippen LogP contribution in [0.15, 0.2) is 18.2 Å². The van der Waals surface area contributed by atoms with Gasteiger partial charge in [0.1, 0.15) is 4.88 Å². The van der Waals surface area contributed by atoms with Crippen LogP contribution in [-0.2, 0) is 6.42 Å². The first kappa shape index (κ1) is 12.8. The van der Waals surface area contributed by atoms with Gasteiger partial charge in [-0.2, -0.15) is 0 Å². The molecule has 0 atom stereocenters. The standard InChI is InChI=1S/C11H11ClN4OS/c1-2-8-10(18-16-15-8)11(17)14-9-4-3-6(12)5-7(9)13/h3-5H,2,13H2,1H3,(H,14,17). The van der Waals surface area contributed by atoms with Crippen molar-refractivity contribution in [2.24, 2.45) is 0 Å². The lowest BCUT2D eigenvalue weighted by molar-refractivity contribution is 0.102. The second-order valence-electron chi connectivity index (χ2n) is 3.59. The van der Waals surface area contributed by atoms with Crippen molar-refractivity contribution in [3.8, 4) is 0 Å². The first-order valence-corrected chi connectivity index (χ1v) is 6.44. The molecular weight excluding hydrogens is 272 g/mol. The van der Waals surface area contributed by atoms with Crippen molar-refractivity contribution in [2.75, 3.05) is 11.1 Å². The number of anilines is 2. The molecule has 0 saturated heterocycles. The summed E-state index contributed by atoms with van der Waals surface area (Å²) in [5.41, 5.74) is 7.40. The number of amides is 1. The van der Waals surface area contributed by atoms with Gasteiger partial charge in [-0.3, -0.25) is 4.79 Å². The Morgan fingerprint density at radius 2 is 2.33 bits per heavy atom. The van der Waals surface area contributed by atoms with Crippen LogP contribution in [0.2, 0.25) is 5.02 Å². The molecule has 2 aromatic rings. The first-order valence-electron chi connectivity index (χ1n) is 5.29. The molecule has 5 nitrogen and oxygen atoms in total. The maximum absolute atomic E-state index is 12.0. The molecule has 0 unspecified atom stereocenters. The molecule has 94 valence electrons. The summed E-state index contributed by atoms with van der Waals surface area (Å²) in [5, 5.41) is 7.14. The molecule has 18 heavy (non-hydrogen) atoms. The SMILES string of the molecule is CCc1nnsc1C(=O)Nc1ccc(Cl)cc1N. The van der Waals surface area contributed by atoms with E-state index in [1.54, 1.807) is 18.2 Å². The molecule has 1 amide bonds. The van der Waals surface area contributed by atoms with E-state index in [9.17, 15) is 4.79 Å². The topological polar surface area (TPSA) is 80.9 Å². The molecule has 7 heteroatoms. The Morgan fingerprint density at radius 1 is 1.56 bits per heavy atom. The first-order chi connectivity index (χ1) is 8.61. The minimum atomic E-state index is -0.254. The summed E-state index contributed by atoms with van der Waals surface area (Å²) in [6.45, 7) is 1.92. The lowest BCUT2D eigenvalue weighted by Gasteiger charge is -2.07. The number of nitrogens with one attached hydrogen (secondary N) is 1. The highest BCUT2D eigenvalue weighted by Gasteiger charge is 2.15. The molecule has 0 fully saturated rings. The number of aromatic nitrogens is 2. The van der Waals surface area contributed by atoms with Crippen LogP contribution in [0.25, 0.3) is 0 Å². The van der Waals surface area contributed by atoms with Gasteiger partial charge in [-0.15, -0.1) is 5.10 Å². The largest absolute Gasteiger partial charge is 0.397 e. The minimum absolute atomic E-state index is 0.254. The highest BCUT2D eigenvalue weighted by molar-refractivity contribution is 7.08. The third-order valence-corrected chi connectivity index (χ3v) is 3.36. The van der Waals surface area contributed by atoms with E-state index >= 15 is 0 Å². The van der Waals surface area contributed by atoms with Gasteiger partial charge in [0, 0.05) is 5.02 Å². The molecule has 0 radical (unpaired) electrons. The summed E-state index contributed by atoms with van der Waals surface area (Å²) in [4.78, 5) is 12.5. The highest BCUT2D eigenvalue weighted by atomic mass is 35.5. The van der Waals surface area contributed by atoms with E-state index in [-0.39, 0.29) is 5.91 Å². The smallest absolute Gasteiger partial charge is 0.269 e. The fraction of sp³-hybridized carbons (Fsp3) is 0.182. The fourth-order valence-electron chi connectivity index (χ4n) is 1.44. The van der Waals surface area contributed by atoms with E-state index in [1.165, 1.54) is 0 Å². The molecule has 3 N–H and O–H groups in total. The van der Waals surface area contributed by atoms with Crippen molar-refractivity contribution in [1.29, 1.82) is 0 Å². The fourth-order valence-corrected chi connectivity index (χ4v) is 2.26. The van der Waals surface area contributed by atoms with E-state index < -0.39 is 0 Å². The van der Waals surface area contributed by atoms with Crippen LogP contribution in [-0.4, -0.2) is 15.5 Å². The molecule has 0 saturated carbocycles. The Morgan fingerprint density at radius 3 is 3.00 bits per heavy atom. The number of carbonyl (C=O) groups excluding carboxylic acids is 1. The van der Waals surface area contributed by atoms with Gasteiger partial charge in [0.25, 0.3) is 5.91 Å². The lowest BCUT2D eigenvalue weighted by atomic mass is 10.2. The van der Waals surface area contributed by atoms with Gasteiger partial charge in [0.2, 0.25) is 0 Å². The summed E-state index contributed by atoms with van der Waals surface area (Å²) in [5.74, 6) is -0.254. The number of halogens is 1. The number of benzene rings is 1. The zero-order valence-corrected chi connectivity index (χ0v) is 11.2. The zero-order chi connectivity index (χ0) is 13.1. The summed E-state index contributed by atoms with van der Waals surface area (Å²) >= 11 is 6.86. The lowest BCUT2D eigenvalue weighted by Crippen LogP contribution is -2.13. The summed E-state index contributed by atoms with van der Waals surface area (Å²) in [6, 6.07) is 4.91. The maximum atomic E-state index is 12.0. The van der Waals surface area contributed by atoms with E-state index in [0.29, 0.717) is 33.4 Å². The van der Waals surface area contributed by atoms with Crippen LogP contribution in [0, 0.1) is 0 Å². The zero-order valence-electron chi connectivity index (χ0n) is 9.61. The third kappa shape index (κ3) is 2.60. The number of nitrogens with zero attached hydrogens (tertiary/aromatic N) is 2. The van der Waals surface area contributed by atoms with Gasteiger partial charge >= 0.3 is 0 Å². The average molecular weight is 283 g/mol. The Balaban J connectivity index is 2.21. The number of hydrogen-bond donors (Lipinski definition) is 2. The normalized spacial score (nSPS) is 10.3. The second-order valence-corrected chi connectivity index (χ2v) is 4.78. The number of aryl methyl sites for hydroxylation is 1. The van der Waals surface area contributed by atoms with Crippen molar-refractivity contribution >= 4 is 40.4 Å². The van der Waals surface area contributed by atoms with Crippen molar-refractivity contribution < 1.29 is 4.79 Å². The van der Waals surface area contributed by atoms with E-state index in [2.05, 4.69) is 14.9 Å². The minimum Gasteiger partial charge on any atom is -0.397 e. The van der Waals surface area contributed by atoms with Gasteiger partial charge in [-0.05, 0) is 36.2 Å². The predicted octanol–water partition coefficient (Wildman–Crippen LogP) is 2.59. The Kier molecular flexibility index (Phi) is 3.78. The number of carbonyl (C=O) groups is 1. The average Bonchev–Trinajstić information content (AvgIpc) is 2.81. The molecule has 1 heterocycles. The number of hydrogen-bond acceptors (Lipinski definition) is 5. The monoisotopic (exact) mass is 282 g/mol. The quantitative estimate of drug-likeness (QED) is 0.848. The van der Waals surface area contributed by atoms with E-state index in [0.717, 1.165) is 11.5 Å². The third-order valence-electron chi connectivity index (χ3n) is 2.36. The van der Waals surface area contributed by atoms with Crippen LogP contribution in [0.1, 0.15) is 22.3 Å². The van der Waals surface area contributed by atoms with Gasteiger partial charge in [0.15, 0.2) is 0 Å². The Bertz CT molecular complexity index is 584. The van der Waals surface area contributed by atoms with Crippen molar-refractivity contribution in [1.82, 2.24) is 9.59 Å². The Labute approximate surface area is 113 Å². The number of nitrogen functional groups attached to an aromatic ring is 1. The second kappa shape index (κ2) is 5.32. The number of nitrogens with two attached hydrogens (primary N) is 1. The van der Waals surface area contributed by atoms with Crippen molar-refractivity contribution in [2.45, 2.75) is 13.3 Å². The predicted molar refractivity (Wildman–Crippen MR) is 73.1 cm³/mol. The molecule has 1 aromatic heterocycles. The van der Waals surface area contributed by atoms with Gasteiger partial charge in [-0.25, -0.2) is 0 Å². The molecule has 0 bridgehead atoms. The van der Waals surface area contributed by atoms with Crippen LogP contribution >= 0.6 is 23.1 Å². The van der Waals surface area contributed by atoms with Crippen molar-refractivity contribution in [3.63, 3.8) is 0 Å². The van der Waals surface area contributed by atoms with Crippen LogP contribution in [0.5, 0.6) is 0 Å². The molecular formula is C11H11ClN4OS. The van der Waals surface area contributed by atoms with Gasteiger partial charge in [-0.1, -0.05) is 23.0 Å². The van der Waals surface area contributed by atoms with Crippen molar-refractivity contribution in [3.05, 3.63) is 33.8 Å². The maximum Gasteiger partial charge on any atom is 0.269 e. The highest BCUT2D eigenvalue weighted by Crippen LogP contribution is 2.24. The summed E-state index contributed by atoms with van der Waals surface area (Å²) in [6.07, 6.45) is 0.662. The van der Waals surface area contributed by atoms with E-state index in [4.69, 9.17) is 17.3 Å². The van der Waals surface area contributed by atoms with Crippen LogP contribution in [0.3, 0.4) is 0 Å². The summed E-state index contributed by atoms with van der Waals surface area (Å²) in [7, 11) is 0. The summed E-state index contributed by atoms with van der Waals surface area (Å²) < 4.78 is 3.77. The van der Waals surface area contributed by atoms with E-state index in [1.807, 2.05) is 6.92 Å². The van der Waals surface area contributed by atoms with Crippen LogP contribution in [0.4, 0.5) is 11.4 Å². The molecule has 0 aliphatic heterocycles.